The Hall–Kier alpha value is -3.40. The molecule has 0 radical (unpaired) electrons. The molecule has 0 fully saturated rings. The van der Waals surface area contributed by atoms with E-state index in [-0.39, 0.29) is 47.4 Å². The smallest absolute Gasteiger partial charge is 0.459 e. The van der Waals surface area contributed by atoms with E-state index in [0.717, 1.165) is 11.5 Å². The van der Waals surface area contributed by atoms with Crippen molar-refractivity contribution in [3.63, 3.8) is 0 Å². The van der Waals surface area contributed by atoms with Gasteiger partial charge in [-0.25, -0.2) is 13.9 Å². The number of nitrogens with zero attached hydrogens (tertiary/aromatic N) is 4. The molecule has 244 valence electrons. The number of hydrogen-bond acceptors (Lipinski definition) is 13. The fourth-order valence-electron chi connectivity index (χ4n) is 3.60. The van der Waals surface area contributed by atoms with Crippen molar-refractivity contribution in [2.24, 2.45) is 5.41 Å². The predicted molar refractivity (Wildman–Crippen MR) is 157 cm³/mol. The van der Waals surface area contributed by atoms with Gasteiger partial charge in [-0.3, -0.25) is 13.9 Å². The van der Waals surface area contributed by atoms with Gasteiger partial charge in [0.15, 0.2) is 17.4 Å². The normalized spacial score (nSPS) is 16.8. The number of fused-ring (bicyclic) bond motifs is 1. The number of para-hydroxylation sites is 1. The summed E-state index contributed by atoms with van der Waals surface area (Å²) in [4.78, 5) is 24.9. The van der Waals surface area contributed by atoms with Gasteiger partial charge in [0, 0.05) is 0 Å². The summed E-state index contributed by atoms with van der Waals surface area (Å²) < 4.78 is 58.6. The van der Waals surface area contributed by atoms with Gasteiger partial charge in [0.2, 0.25) is 11.8 Å². The van der Waals surface area contributed by atoms with Crippen LogP contribution in [0.2, 0.25) is 0 Å². The number of hydrogen-bond donors (Lipinski definition) is 4. The molecular formula is C27H40FN6O9P. The lowest BCUT2D eigenvalue weighted by Gasteiger charge is -2.33. The van der Waals surface area contributed by atoms with Gasteiger partial charge in [-0.1, -0.05) is 39.0 Å². The van der Waals surface area contributed by atoms with Gasteiger partial charge < -0.3 is 34.7 Å². The minimum atomic E-state index is -4.54. The number of nitrogens with one attached hydrogen (secondary N) is 1. The van der Waals surface area contributed by atoms with Crippen molar-refractivity contribution >= 4 is 30.8 Å². The topological polar surface area (TPSA) is 202 Å². The zero-order valence-electron chi connectivity index (χ0n) is 25.5. The summed E-state index contributed by atoms with van der Waals surface area (Å²) in [5.41, 5.74) is 5.68. The van der Waals surface area contributed by atoms with E-state index in [1.165, 1.54) is 25.4 Å². The maximum Gasteiger partial charge on any atom is 0.459 e. The Bertz CT molecular complexity index is 1440. The SMILES string of the molecule is CCOc1nc(N)nc2c1ncn2[C@@H](CO)O[C@](F)(COP(=O)(NC(C)C(=O)OCC(C)(C)C)Oc1ccccc1)[C@H](C)O. The average Bonchev–Trinajstić information content (AvgIpc) is 3.37. The van der Waals surface area contributed by atoms with Gasteiger partial charge in [-0.15, -0.1) is 0 Å². The maximum absolute atomic E-state index is 16.3. The number of rotatable bonds is 16. The van der Waals surface area contributed by atoms with Crippen molar-refractivity contribution in [1.29, 1.82) is 0 Å². The Kier molecular flexibility index (Phi) is 11.6. The summed E-state index contributed by atoms with van der Waals surface area (Å²) in [5.74, 6) is -3.86. The number of carbonyl (C=O) groups is 1. The molecule has 2 heterocycles. The molecule has 5 N–H and O–H groups in total. The average molecular weight is 643 g/mol. The van der Waals surface area contributed by atoms with Crippen molar-refractivity contribution in [2.75, 3.05) is 32.2 Å². The molecule has 1 aromatic carbocycles. The number of anilines is 1. The zero-order valence-corrected chi connectivity index (χ0v) is 26.4. The third-order valence-corrected chi connectivity index (χ3v) is 7.49. The van der Waals surface area contributed by atoms with Crippen LogP contribution in [0.15, 0.2) is 36.7 Å². The number of aliphatic hydroxyl groups excluding tert-OH is 2. The molecule has 0 aliphatic heterocycles. The van der Waals surface area contributed by atoms with Gasteiger partial charge in [-0.05, 0) is 38.3 Å². The third kappa shape index (κ3) is 9.30. The molecule has 0 saturated heterocycles. The largest absolute Gasteiger partial charge is 0.476 e. The van der Waals surface area contributed by atoms with Crippen molar-refractivity contribution in [3.05, 3.63) is 36.7 Å². The van der Waals surface area contributed by atoms with Gasteiger partial charge in [-0.2, -0.15) is 15.1 Å². The number of carbonyl (C=O) groups excluding carboxylic acids is 1. The zero-order chi connectivity index (χ0) is 32.7. The van der Waals surface area contributed by atoms with E-state index in [1.54, 1.807) is 25.1 Å². The third-order valence-electron chi connectivity index (χ3n) is 5.86. The lowest BCUT2D eigenvalue weighted by molar-refractivity contribution is -0.263. The summed E-state index contributed by atoms with van der Waals surface area (Å²) in [7, 11) is -4.54. The molecule has 44 heavy (non-hydrogen) atoms. The Labute approximate surface area is 254 Å². The Balaban J connectivity index is 1.87. The van der Waals surface area contributed by atoms with Crippen LogP contribution in [0.1, 0.15) is 47.8 Å². The van der Waals surface area contributed by atoms with E-state index in [2.05, 4.69) is 20.0 Å². The summed E-state index contributed by atoms with van der Waals surface area (Å²) in [6.45, 7) is 8.12. The molecule has 0 saturated carbocycles. The highest BCUT2D eigenvalue weighted by Gasteiger charge is 2.44. The Morgan fingerprint density at radius 3 is 2.45 bits per heavy atom. The highest BCUT2D eigenvalue weighted by Crippen LogP contribution is 2.46. The highest BCUT2D eigenvalue weighted by molar-refractivity contribution is 7.52. The molecule has 0 amide bonds. The van der Waals surface area contributed by atoms with E-state index in [0.29, 0.717) is 0 Å². The number of benzene rings is 1. The Morgan fingerprint density at radius 2 is 1.86 bits per heavy atom. The first-order valence-electron chi connectivity index (χ1n) is 13.8. The number of imidazole rings is 1. The van der Waals surface area contributed by atoms with Crippen LogP contribution in [0.4, 0.5) is 10.3 Å². The molecule has 0 bridgehead atoms. The fourth-order valence-corrected chi connectivity index (χ4v) is 5.11. The van der Waals surface area contributed by atoms with Gasteiger partial charge in [0.05, 0.1) is 26.1 Å². The molecule has 0 spiro atoms. The van der Waals surface area contributed by atoms with Crippen molar-refractivity contribution in [3.8, 4) is 11.6 Å². The van der Waals surface area contributed by atoms with Crippen molar-refractivity contribution in [2.45, 2.75) is 65.8 Å². The van der Waals surface area contributed by atoms with E-state index < -0.39 is 51.2 Å². The second kappa shape index (κ2) is 14.6. The van der Waals surface area contributed by atoms with Crippen LogP contribution < -0.4 is 20.1 Å². The fraction of sp³-hybridized carbons (Fsp3) is 0.556. The number of alkyl halides is 1. The summed E-state index contributed by atoms with van der Waals surface area (Å²) >= 11 is 0. The lowest BCUT2D eigenvalue weighted by atomic mass is 9.99. The van der Waals surface area contributed by atoms with Gasteiger partial charge in [0.1, 0.15) is 24.5 Å². The number of aromatic nitrogens is 4. The van der Waals surface area contributed by atoms with E-state index in [4.69, 9.17) is 29.0 Å². The number of nitrogens with two attached hydrogens (primary N) is 1. The van der Waals surface area contributed by atoms with E-state index in [9.17, 15) is 19.6 Å². The van der Waals surface area contributed by atoms with Crippen LogP contribution >= 0.6 is 7.75 Å². The highest BCUT2D eigenvalue weighted by atomic mass is 31.2. The number of nitrogen functional groups attached to an aromatic ring is 1. The van der Waals surface area contributed by atoms with Crippen LogP contribution in [0.5, 0.6) is 11.6 Å². The molecular weight excluding hydrogens is 602 g/mol. The maximum atomic E-state index is 16.3. The molecule has 0 aliphatic carbocycles. The molecule has 15 nitrogen and oxygen atoms in total. The van der Waals surface area contributed by atoms with E-state index >= 15 is 4.39 Å². The second-order valence-electron chi connectivity index (χ2n) is 11.1. The molecule has 2 unspecified atom stereocenters. The van der Waals surface area contributed by atoms with Crippen LogP contribution in [0.25, 0.3) is 11.2 Å². The summed E-state index contributed by atoms with van der Waals surface area (Å²) in [5, 5.41) is 23.0. The number of ether oxygens (including phenoxy) is 3. The van der Waals surface area contributed by atoms with Crippen LogP contribution in [0.3, 0.4) is 0 Å². The van der Waals surface area contributed by atoms with Crippen molar-refractivity contribution in [1.82, 2.24) is 24.6 Å². The summed E-state index contributed by atoms with van der Waals surface area (Å²) in [6, 6.07) is 6.65. The number of aliphatic hydroxyl groups is 2. The van der Waals surface area contributed by atoms with Gasteiger partial charge >= 0.3 is 13.7 Å². The lowest BCUT2D eigenvalue weighted by Crippen LogP contribution is -2.46. The molecule has 3 aromatic rings. The standard InChI is InChI=1S/C27H40FN6O9P/c1-7-39-23-21-22(31-25(29)32-23)34(16-30-21)20(13-35)42-27(28,18(3)36)15-41-44(38,43-19-11-9-8-10-12-19)33-17(2)24(37)40-14-26(4,5)6/h8-12,16-18,20,35-36H,7,13-15H2,1-6H3,(H,33,38)(H2,29,31,32)/t17?,18-,20+,27+,44?/m0/s1. The monoisotopic (exact) mass is 642 g/mol. The minimum Gasteiger partial charge on any atom is -0.476 e. The molecule has 3 rings (SSSR count). The quantitative estimate of drug-likeness (QED) is 0.131. The first-order chi connectivity index (χ1) is 20.6. The first-order valence-corrected chi connectivity index (χ1v) is 15.4. The number of esters is 1. The van der Waals surface area contributed by atoms with Crippen LogP contribution in [0, 0.1) is 5.41 Å². The molecule has 17 heteroatoms. The van der Waals surface area contributed by atoms with Gasteiger partial charge in [0.25, 0.3) is 5.85 Å². The number of halogens is 1. The predicted octanol–water partition coefficient (Wildman–Crippen LogP) is 3.13. The molecule has 0 aliphatic rings. The van der Waals surface area contributed by atoms with Crippen LogP contribution in [-0.4, -0.2) is 80.1 Å². The first kappa shape index (κ1) is 35.1. The molecule has 2 aromatic heterocycles. The Morgan fingerprint density at radius 1 is 1.18 bits per heavy atom. The van der Waals surface area contributed by atoms with Crippen molar-refractivity contribution < 1.29 is 47.2 Å². The molecule has 5 atom stereocenters. The van der Waals surface area contributed by atoms with Crippen LogP contribution in [-0.2, 0) is 23.4 Å². The summed E-state index contributed by atoms with van der Waals surface area (Å²) in [6.07, 6.45) is -2.22. The van der Waals surface area contributed by atoms with E-state index in [1.807, 2.05) is 20.8 Å². The minimum absolute atomic E-state index is 0.0520. The second-order valence-corrected chi connectivity index (χ2v) is 12.7.